The molecule has 0 saturated carbocycles. The molecule has 1 amide bonds. The van der Waals surface area contributed by atoms with Crippen LogP contribution < -0.4 is 15.7 Å². The first-order chi connectivity index (χ1) is 16.3. The second-order valence-corrected chi connectivity index (χ2v) is 8.20. The normalized spacial score (nSPS) is 13.2. The van der Waals surface area contributed by atoms with Crippen LogP contribution in [0.15, 0.2) is 47.3 Å². The number of aryl methyl sites for hydroxylation is 1. The number of nitriles is 1. The van der Waals surface area contributed by atoms with Crippen molar-refractivity contribution in [2.24, 2.45) is 0 Å². The van der Waals surface area contributed by atoms with Gasteiger partial charge in [-0.1, -0.05) is 29.8 Å². The number of carbonyl (C=O) groups is 1. The van der Waals surface area contributed by atoms with E-state index in [1.165, 1.54) is 24.1 Å². The van der Waals surface area contributed by atoms with Gasteiger partial charge in [-0.25, -0.2) is 9.37 Å². The third kappa shape index (κ3) is 5.12. The molecule has 0 radical (unpaired) electrons. The highest BCUT2D eigenvalue weighted by molar-refractivity contribution is 5.94. The third-order valence-electron chi connectivity index (χ3n) is 5.91. The lowest BCUT2D eigenvalue weighted by atomic mass is 10.0. The first-order valence-corrected chi connectivity index (χ1v) is 10.8. The van der Waals surface area contributed by atoms with Crippen molar-refractivity contribution in [1.29, 1.82) is 5.26 Å². The second kappa shape index (κ2) is 10.6. The van der Waals surface area contributed by atoms with Crippen LogP contribution in [-0.4, -0.2) is 34.2 Å². The Labute approximate surface area is 208 Å². The summed E-state index contributed by atoms with van der Waals surface area (Å²) >= 11 is 0. The molecule has 182 valence electrons. The lowest BCUT2D eigenvalue weighted by Crippen LogP contribution is -2.42. The maximum absolute atomic E-state index is 14.4. The van der Waals surface area contributed by atoms with E-state index < -0.39 is 17.3 Å². The quantitative estimate of drug-likeness (QED) is 0.579. The van der Waals surface area contributed by atoms with Crippen molar-refractivity contribution < 1.29 is 14.0 Å². The third-order valence-corrected chi connectivity index (χ3v) is 5.91. The van der Waals surface area contributed by atoms with Crippen LogP contribution in [0.1, 0.15) is 51.3 Å². The first kappa shape index (κ1) is 25.7. The molecule has 8 nitrogen and oxygen atoms in total. The topological polar surface area (TPSA) is 100 Å². The van der Waals surface area contributed by atoms with Gasteiger partial charge in [0.05, 0.1) is 41.0 Å². The summed E-state index contributed by atoms with van der Waals surface area (Å²) in [7, 11) is 1.37. The van der Waals surface area contributed by atoms with Crippen LogP contribution in [0.2, 0.25) is 0 Å². The molecule has 3 aromatic rings. The number of aromatic nitrogens is 2. The van der Waals surface area contributed by atoms with Crippen LogP contribution in [0.4, 0.5) is 10.3 Å². The second-order valence-electron chi connectivity index (χ2n) is 8.20. The fraction of sp³-hybridized carbons (Fsp3) is 0.280. The van der Waals surface area contributed by atoms with Crippen LogP contribution in [0.5, 0.6) is 0 Å². The van der Waals surface area contributed by atoms with E-state index in [0.29, 0.717) is 17.7 Å². The number of benzene rings is 2. The molecule has 1 N–H and O–H groups in total. The van der Waals surface area contributed by atoms with E-state index in [-0.39, 0.29) is 48.6 Å². The number of rotatable bonds is 5. The molecule has 1 aromatic heterocycles. The Morgan fingerprint density at radius 3 is 2.60 bits per heavy atom. The van der Waals surface area contributed by atoms with Gasteiger partial charge in [-0.05, 0) is 37.6 Å². The minimum Gasteiger partial charge on any atom is -0.411 e. The highest BCUT2D eigenvalue weighted by atomic mass is 35.5. The predicted molar refractivity (Wildman–Crippen MR) is 131 cm³/mol. The number of anilines is 1. The summed E-state index contributed by atoms with van der Waals surface area (Å²) in [6.07, 6.45) is 0.340. The smallest absolute Gasteiger partial charge is 0.293 e. The van der Waals surface area contributed by atoms with Crippen LogP contribution in [0, 0.1) is 24.1 Å². The lowest BCUT2D eigenvalue weighted by molar-refractivity contribution is 0.0723. The fourth-order valence-corrected chi connectivity index (χ4v) is 3.95. The minimum atomic E-state index is -0.771. The fourth-order valence-electron chi connectivity index (χ4n) is 3.95. The maximum Gasteiger partial charge on any atom is 0.293 e. The lowest BCUT2D eigenvalue weighted by Gasteiger charge is -2.29. The van der Waals surface area contributed by atoms with Crippen molar-refractivity contribution in [2.75, 3.05) is 19.0 Å². The molecule has 2 heterocycles. The maximum atomic E-state index is 14.4. The summed E-state index contributed by atoms with van der Waals surface area (Å²) in [5.41, 5.74) is 2.63. The predicted octanol–water partition coefficient (Wildman–Crippen LogP) is 3.41. The zero-order valence-corrected chi connectivity index (χ0v) is 20.4. The van der Waals surface area contributed by atoms with Crippen LogP contribution in [-0.2, 0) is 13.0 Å². The molecular weight excluding hydrogens is 473 g/mol. The number of nitrogens with zero attached hydrogens (tertiary/aromatic N) is 4. The summed E-state index contributed by atoms with van der Waals surface area (Å²) in [6.45, 7) is 4.24. The Hall–Kier alpha value is -3.90. The molecule has 10 heteroatoms. The van der Waals surface area contributed by atoms with E-state index in [1.54, 1.807) is 0 Å². The zero-order valence-electron chi connectivity index (χ0n) is 19.5. The summed E-state index contributed by atoms with van der Waals surface area (Å²) in [6, 6.07) is 13.5. The van der Waals surface area contributed by atoms with Crippen molar-refractivity contribution in [2.45, 2.75) is 32.9 Å². The zero-order chi connectivity index (χ0) is 24.4. The standard InChI is InChI=1S/C25H24FN5O3.ClH/c1-15-4-7-18(8-5-15)16(2)28-25-29-22-10-11-30(14-20(22)24(33)31(25)34-3)23(32)19-9-6-17(13-27)12-21(19)26;/h4-9,12,16H,10-11,14H2,1-3H3,(H,28,29);1H/t16-;/m0./s1. The van der Waals surface area contributed by atoms with E-state index in [4.69, 9.17) is 10.1 Å². The molecule has 0 fully saturated rings. The van der Waals surface area contributed by atoms with Crippen molar-refractivity contribution in [3.8, 4) is 6.07 Å². The molecule has 35 heavy (non-hydrogen) atoms. The SMILES string of the molecule is COn1c(N[C@@H](C)c2ccc(C)cc2)nc2c(c1=O)CN(C(=O)c1ccc(C#N)cc1F)CC2.Cl. The van der Waals surface area contributed by atoms with Gasteiger partial charge >= 0.3 is 0 Å². The molecule has 0 saturated heterocycles. The summed E-state index contributed by atoms with van der Waals surface area (Å²) in [4.78, 5) is 37.4. The van der Waals surface area contributed by atoms with Gasteiger partial charge in [0.2, 0.25) is 5.95 Å². The van der Waals surface area contributed by atoms with Crippen molar-refractivity contribution in [1.82, 2.24) is 14.6 Å². The highest BCUT2D eigenvalue weighted by Crippen LogP contribution is 2.22. The molecule has 1 aliphatic heterocycles. The van der Waals surface area contributed by atoms with E-state index in [0.717, 1.165) is 21.9 Å². The number of fused-ring (bicyclic) bond motifs is 1. The molecule has 0 spiro atoms. The van der Waals surface area contributed by atoms with Gasteiger partial charge in [-0.3, -0.25) is 9.59 Å². The van der Waals surface area contributed by atoms with Gasteiger partial charge in [-0.15, -0.1) is 17.1 Å². The van der Waals surface area contributed by atoms with E-state index in [1.807, 2.05) is 44.2 Å². The average Bonchev–Trinajstić information content (AvgIpc) is 2.84. The van der Waals surface area contributed by atoms with Gasteiger partial charge in [0.1, 0.15) is 12.9 Å². The molecule has 2 aromatic carbocycles. The van der Waals surface area contributed by atoms with Gasteiger partial charge in [-0.2, -0.15) is 5.26 Å². The molecular formula is C25H25ClFN5O3. The Bertz CT molecular complexity index is 1350. The molecule has 4 rings (SSSR count). The number of amides is 1. The minimum absolute atomic E-state index is 0. The van der Waals surface area contributed by atoms with E-state index in [2.05, 4.69) is 10.3 Å². The van der Waals surface area contributed by atoms with Crippen LogP contribution in [0.3, 0.4) is 0 Å². The molecule has 0 bridgehead atoms. The van der Waals surface area contributed by atoms with E-state index in [9.17, 15) is 14.0 Å². The molecule has 0 aliphatic carbocycles. The highest BCUT2D eigenvalue weighted by Gasteiger charge is 2.29. The number of hydrogen-bond acceptors (Lipinski definition) is 6. The summed E-state index contributed by atoms with van der Waals surface area (Å²) in [5.74, 6) is -1.05. The number of hydrogen-bond donors (Lipinski definition) is 1. The number of nitrogens with one attached hydrogen (secondary N) is 1. The monoisotopic (exact) mass is 497 g/mol. The Balaban J connectivity index is 0.00000342. The van der Waals surface area contributed by atoms with Crippen LogP contribution >= 0.6 is 12.4 Å². The van der Waals surface area contributed by atoms with Gasteiger partial charge in [0.25, 0.3) is 11.5 Å². The van der Waals surface area contributed by atoms with E-state index >= 15 is 0 Å². The average molecular weight is 498 g/mol. The Kier molecular flexibility index (Phi) is 7.77. The summed E-state index contributed by atoms with van der Waals surface area (Å²) < 4.78 is 15.4. The Morgan fingerprint density at radius 2 is 1.97 bits per heavy atom. The summed E-state index contributed by atoms with van der Waals surface area (Å²) in [5, 5.41) is 12.1. The number of halogens is 2. The largest absolute Gasteiger partial charge is 0.411 e. The van der Waals surface area contributed by atoms with Gasteiger partial charge in [0, 0.05) is 13.0 Å². The van der Waals surface area contributed by atoms with Crippen molar-refractivity contribution in [3.63, 3.8) is 0 Å². The Morgan fingerprint density at radius 1 is 1.26 bits per heavy atom. The first-order valence-electron chi connectivity index (χ1n) is 10.8. The molecule has 1 aliphatic rings. The molecule has 0 unspecified atom stereocenters. The number of carbonyl (C=O) groups excluding carboxylic acids is 1. The van der Waals surface area contributed by atoms with Gasteiger partial charge < -0.3 is 15.1 Å². The van der Waals surface area contributed by atoms with Crippen molar-refractivity contribution in [3.05, 3.63) is 92.1 Å². The van der Waals surface area contributed by atoms with Crippen molar-refractivity contribution >= 4 is 24.3 Å². The van der Waals surface area contributed by atoms with Gasteiger partial charge in [0.15, 0.2) is 0 Å². The molecule has 1 atom stereocenters. The van der Waals surface area contributed by atoms with Crippen LogP contribution in [0.25, 0.3) is 0 Å².